The molecule has 26 heavy (non-hydrogen) atoms. The first-order chi connectivity index (χ1) is 12.7. The molecule has 0 saturated heterocycles. The molecule has 2 N–H and O–H groups in total. The van der Waals surface area contributed by atoms with E-state index in [4.69, 9.17) is 0 Å². The van der Waals surface area contributed by atoms with E-state index in [0.717, 1.165) is 24.3 Å². The van der Waals surface area contributed by atoms with E-state index in [1.54, 1.807) is 24.3 Å². The van der Waals surface area contributed by atoms with Gasteiger partial charge in [0, 0.05) is 36.3 Å². The normalized spacial score (nSPS) is 13.5. The number of anilines is 1. The van der Waals surface area contributed by atoms with Gasteiger partial charge in [0.25, 0.3) is 5.91 Å². The quantitative estimate of drug-likeness (QED) is 0.713. The molecule has 0 aliphatic heterocycles. The number of rotatable bonds is 6. The lowest BCUT2D eigenvalue weighted by molar-refractivity contribution is -0.117. The minimum Gasteiger partial charge on any atom is -0.352 e. The fraction of sp³-hybridized carbons (Fsp3) is 0.263. The van der Waals surface area contributed by atoms with Crippen LogP contribution in [-0.2, 0) is 11.2 Å². The molecular weight excluding hydrogens is 330 g/mol. The van der Waals surface area contributed by atoms with Crippen LogP contribution in [0, 0.1) is 5.92 Å². The Morgan fingerprint density at radius 3 is 2.85 bits per heavy atom. The SMILES string of the molecule is O=C(NCCc1nnc2ccccn12)c1cccc(NC(=O)C2CC2)c1. The van der Waals surface area contributed by atoms with Gasteiger partial charge < -0.3 is 10.6 Å². The summed E-state index contributed by atoms with van der Waals surface area (Å²) in [7, 11) is 0. The highest BCUT2D eigenvalue weighted by Gasteiger charge is 2.29. The maximum absolute atomic E-state index is 12.4. The molecule has 2 amide bonds. The fourth-order valence-electron chi connectivity index (χ4n) is 2.78. The molecular formula is C19H19N5O2. The van der Waals surface area contributed by atoms with Crippen LogP contribution in [0.3, 0.4) is 0 Å². The van der Waals surface area contributed by atoms with Crippen LogP contribution in [0.25, 0.3) is 5.65 Å². The predicted molar refractivity (Wildman–Crippen MR) is 96.8 cm³/mol. The van der Waals surface area contributed by atoms with E-state index in [1.807, 2.05) is 28.8 Å². The summed E-state index contributed by atoms with van der Waals surface area (Å²) in [6.07, 6.45) is 4.38. The van der Waals surface area contributed by atoms with E-state index in [2.05, 4.69) is 20.8 Å². The Balaban J connectivity index is 1.35. The first-order valence-corrected chi connectivity index (χ1v) is 8.68. The smallest absolute Gasteiger partial charge is 0.251 e. The Kier molecular flexibility index (Phi) is 4.35. The van der Waals surface area contributed by atoms with Crippen LogP contribution >= 0.6 is 0 Å². The van der Waals surface area contributed by atoms with Gasteiger partial charge in [0.05, 0.1) is 0 Å². The van der Waals surface area contributed by atoms with Crippen molar-refractivity contribution in [3.05, 3.63) is 60.0 Å². The van der Waals surface area contributed by atoms with E-state index < -0.39 is 0 Å². The van der Waals surface area contributed by atoms with Gasteiger partial charge in [-0.1, -0.05) is 12.1 Å². The summed E-state index contributed by atoms with van der Waals surface area (Å²) in [6.45, 7) is 0.452. The number of fused-ring (bicyclic) bond motifs is 1. The van der Waals surface area contributed by atoms with Gasteiger partial charge in [0.1, 0.15) is 5.82 Å². The Bertz CT molecular complexity index is 961. The van der Waals surface area contributed by atoms with Crippen molar-refractivity contribution < 1.29 is 9.59 Å². The maximum atomic E-state index is 12.4. The van der Waals surface area contributed by atoms with E-state index in [0.29, 0.717) is 24.2 Å². The summed E-state index contributed by atoms with van der Waals surface area (Å²) in [4.78, 5) is 24.2. The average molecular weight is 349 g/mol. The van der Waals surface area contributed by atoms with E-state index in [1.165, 1.54) is 0 Å². The van der Waals surface area contributed by atoms with Gasteiger partial charge in [-0.3, -0.25) is 14.0 Å². The van der Waals surface area contributed by atoms with E-state index in [9.17, 15) is 9.59 Å². The lowest BCUT2D eigenvalue weighted by atomic mass is 10.2. The molecule has 0 radical (unpaired) electrons. The minimum absolute atomic E-state index is 0.0289. The lowest BCUT2D eigenvalue weighted by Crippen LogP contribution is -2.26. The highest BCUT2D eigenvalue weighted by molar-refractivity contribution is 5.98. The maximum Gasteiger partial charge on any atom is 0.251 e. The zero-order valence-electron chi connectivity index (χ0n) is 14.2. The van der Waals surface area contributed by atoms with Gasteiger partial charge in [0.2, 0.25) is 5.91 Å². The van der Waals surface area contributed by atoms with Crippen LogP contribution in [-0.4, -0.2) is 33.0 Å². The number of carbonyl (C=O) groups excluding carboxylic acids is 2. The molecule has 4 rings (SSSR count). The number of nitrogens with one attached hydrogen (secondary N) is 2. The molecule has 1 aliphatic rings. The zero-order valence-corrected chi connectivity index (χ0v) is 14.2. The van der Waals surface area contributed by atoms with Gasteiger partial charge in [-0.2, -0.15) is 0 Å². The van der Waals surface area contributed by atoms with Gasteiger partial charge in [-0.15, -0.1) is 10.2 Å². The molecule has 7 nitrogen and oxygen atoms in total. The zero-order chi connectivity index (χ0) is 17.9. The predicted octanol–water partition coefficient (Wildman–Crippen LogP) is 2.05. The van der Waals surface area contributed by atoms with Crippen molar-refractivity contribution >= 4 is 23.1 Å². The summed E-state index contributed by atoms with van der Waals surface area (Å²) in [5, 5.41) is 14.0. The highest BCUT2D eigenvalue weighted by atomic mass is 16.2. The van der Waals surface area contributed by atoms with Crippen LogP contribution in [0.5, 0.6) is 0 Å². The molecule has 0 unspecified atom stereocenters. The molecule has 7 heteroatoms. The molecule has 1 aliphatic carbocycles. The Hall–Kier alpha value is -3.22. The van der Waals surface area contributed by atoms with Crippen molar-refractivity contribution in [1.29, 1.82) is 0 Å². The number of benzene rings is 1. The summed E-state index contributed by atoms with van der Waals surface area (Å²) < 4.78 is 1.90. The minimum atomic E-state index is -0.179. The number of carbonyl (C=O) groups is 2. The number of nitrogens with zero attached hydrogens (tertiary/aromatic N) is 3. The fourth-order valence-corrected chi connectivity index (χ4v) is 2.78. The van der Waals surface area contributed by atoms with Crippen molar-refractivity contribution in [1.82, 2.24) is 19.9 Å². The third-order valence-corrected chi connectivity index (χ3v) is 4.36. The number of amides is 2. The number of pyridine rings is 1. The Morgan fingerprint density at radius 2 is 2.00 bits per heavy atom. The second-order valence-corrected chi connectivity index (χ2v) is 6.40. The summed E-state index contributed by atoms with van der Waals surface area (Å²) in [6, 6.07) is 12.7. The molecule has 0 spiro atoms. The Morgan fingerprint density at radius 1 is 1.12 bits per heavy atom. The molecule has 0 bridgehead atoms. The molecule has 1 fully saturated rings. The van der Waals surface area contributed by atoms with Crippen LogP contribution in [0.2, 0.25) is 0 Å². The summed E-state index contributed by atoms with van der Waals surface area (Å²) in [5.74, 6) is 0.777. The van der Waals surface area contributed by atoms with Crippen molar-refractivity contribution in [2.24, 2.45) is 5.92 Å². The van der Waals surface area contributed by atoms with Crippen LogP contribution in [0.4, 0.5) is 5.69 Å². The van der Waals surface area contributed by atoms with Crippen molar-refractivity contribution in [3.8, 4) is 0 Å². The first kappa shape index (κ1) is 16.3. The van der Waals surface area contributed by atoms with Gasteiger partial charge in [0.15, 0.2) is 5.65 Å². The average Bonchev–Trinajstić information content (AvgIpc) is 3.44. The van der Waals surface area contributed by atoms with Crippen molar-refractivity contribution in [2.75, 3.05) is 11.9 Å². The van der Waals surface area contributed by atoms with E-state index >= 15 is 0 Å². The van der Waals surface area contributed by atoms with Gasteiger partial charge >= 0.3 is 0 Å². The molecule has 1 saturated carbocycles. The van der Waals surface area contributed by atoms with Crippen molar-refractivity contribution in [2.45, 2.75) is 19.3 Å². The number of hydrogen-bond donors (Lipinski definition) is 2. The van der Waals surface area contributed by atoms with Gasteiger partial charge in [-0.05, 0) is 43.2 Å². The number of aromatic nitrogens is 3. The third kappa shape index (κ3) is 3.56. The van der Waals surface area contributed by atoms with Gasteiger partial charge in [-0.25, -0.2) is 0 Å². The first-order valence-electron chi connectivity index (χ1n) is 8.68. The van der Waals surface area contributed by atoms with Crippen LogP contribution in [0.1, 0.15) is 29.0 Å². The lowest BCUT2D eigenvalue weighted by Gasteiger charge is -2.08. The molecule has 132 valence electrons. The molecule has 2 heterocycles. The Labute approximate surface area is 150 Å². The summed E-state index contributed by atoms with van der Waals surface area (Å²) >= 11 is 0. The third-order valence-electron chi connectivity index (χ3n) is 4.36. The summed E-state index contributed by atoms with van der Waals surface area (Å²) in [5.41, 5.74) is 1.95. The monoisotopic (exact) mass is 349 g/mol. The topological polar surface area (TPSA) is 88.4 Å². The van der Waals surface area contributed by atoms with Crippen LogP contribution < -0.4 is 10.6 Å². The molecule has 0 atom stereocenters. The standard InChI is InChI=1S/C19H19N5O2/c25-18(14-4-3-5-15(12-14)21-19(26)13-7-8-13)20-10-9-17-23-22-16-6-1-2-11-24(16)17/h1-6,11-13H,7-10H2,(H,20,25)(H,21,26). The van der Waals surface area contributed by atoms with E-state index in [-0.39, 0.29) is 17.7 Å². The van der Waals surface area contributed by atoms with Crippen LogP contribution in [0.15, 0.2) is 48.7 Å². The molecule has 1 aromatic carbocycles. The second kappa shape index (κ2) is 6.95. The number of hydrogen-bond acceptors (Lipinski definition) is 4. The van der Waals surface area contributed by atoms with Crippen molar-refractivity contribution in [3.63, 3.8) is 0 Å². The molecule has 3 aromatic rings. The highest BCUT2D eigenvalue weighted by Crippen LogP contribution is 2.30. The second-order valence-electron chi connectivity index (χ2n) is 6.40. The largest absolute Gasteiger partial charge is 0.352 e. The molecule has 2 aromatic heterocycles.